The Morgan fingerprint density at radius 2 is 1.84 bits per heavy atom. The summed E-state index contributed by atoms with van der Waals surface area (Å²) in [5.74, 6) is 0.0225. The molecule has 3 aromatic rings. The number of hydrogen-bond acceptors (Lipinski definition) is 10. The lowest BCUT2D eigenvalue weighted by Crippen LogP contribution is -2.46. The Balaban J connectivity index is 1.30. The van der Waals surface area contributed by atoms with Gasteiger partial charge in [0, 0.05) is 64.1 Å². The van der Waals surface area contributed by atoms with Crippen molar-refractivity contribution in [2.24, 2.45) is 0 Å². The van der Waals surface area contributed by atoms with Gasteiger partial charge in [-0.15, -0.1) is 0 Å². The van der Waals surface area contributed by atoms with Crippen molar-refractivity contribution in [3.8, 4) is 5.75 Å². The van der Waals surface area contributed by atoms with Crippen LogP contribution in [0.3, 0.4) is 0 Å². The number of rotatable bonds is 12. The molecular weight excluding hydrogens is 567 g/mol. The number of halogens is 1. The van der Waals surface area contributed by atoms with E-state index in [1.807, 2.05) is 6.07 Å². The number of nitrogens with zero attached hydrogens (tertiary/aromatic N) is 5. The molecule has 0 spiro atoms. The van der Waals surface area contributed by atoms with Gasteiger partial charge in [-0.2, -0.15) is 4.98 Å². The number of hydrogen-bond donors (Lipinski definition) is 3. The first-order valence-electron chi connectivity index (χ1n) is 14.5. The van der Waals surface area contributed by atoms with Gasteiger partial charge in [0.2, 0.25) is 5.95 Å². The molecule has 1 fully saturated rings. The van der Waals surface area contributed by atoms with Crippen molar-refractivity contribution >= 4 is 40.7 Å². The topological polar surface area (TPSA) is 132 Å². The fraction of sp³-hybridized carbons (Fsp3) is 0.387. The van der Waals surface area contributed by atoms with E-state index < -0.39 is 6.67 Å². The van der Waals surface area contributed by atoms with E-state index in [-0.39, 0.29) is 41.5 Å². The predicted molar refractivity (Wildman–Crippen MR) is 165 cm³/mol. The van der Waals surface area contributed by atoms with Gasteiger partial charge in [-0.1, -0.05) is 12.1 Å². The summed E-state index contributed by atoms with van der Waals surface area (Å²) >= 11 is 0. The second-order valence-corrected chi connectivity index (χ2v) is 10.8. The third-order valence-electron chi connectivity index (χ3n) is 7.81. The van der Waals surface area contributed by atoms with Crippen LogP contribution in [0, 0.1) is 0 Å². The van der Waals surface area contributed by atoms with E-state index in [1.165, 1.54) is 25.1 Å². The van der Waals surface area contributed by atoms with Crippen LogP contribution < -0.4 is 20.7 Å². The number of anilines is 4. The number of piperazine rings is 1. The molecule has 44 heavy (non-hydrogen) atoms. The second-order valence-electron chi connectivity index (χ2n) is 10.8. The molecule has 5 rings (SSSR count). The third-order valence-corrected chi connectivity index (χ3v) is 7.81. The molecule has 2 aliphatic heterocycles. The summed E-state index contributed by atoms with van der Waals surface area (Å²) in [6.07, 6.45) is 1.40. The molecule has 0 aliphatic carbocycles. The minimum Gasteiger partial charge on any atom is -0.495 e. The van der Waals surface area contributed by atoms with E-state index in [9.17, 15) is 18.8 Å². The van der Waals surface area contributed by atoms with Gasteiger partial charge in [-0.25, -0.2) is 9.37 Å². The molecule has 2 amide bonds. The molecule has 1 aromatic heterocycles. The fourth-order valence-corrected chi connectivity index (χ4v) is 5.29. The van der Waals surface area contributed by atoms with Crippen LogP contribution in [0.15, 0.2) is 42.6 Å². The standard InChI is InChI=1S/C31H37FN8O4/c1-20(41)23-18-34-31(37-28(23)35-25-6-4-5-22-19-40(11-9-32)30(43)27(22)25)36-24-8-7-21(17-26(24)44-3)29(42)33-10-12-39-15-13-38(2)14-16-39/h4-8,17-18H,9-16,19H2,1-3H3,(H,33,42)(H2,34,35,36,37). The molecule has 12 nitrogen and oxygen atoms in total. The lowest BCUT2D eigenvalue weighted by molar-refractivity contribution is 0.0768. The molecule has 0 unspecified atom stereocenters. The number of amides is 2. The number of Topliss-reactive ketones (excluding diaryl/α,β-unsaturated/α-hetero) is 1. The Morgan fingerprint density at radius 1 is 1.05 bits per heavy atom. The zero-order chi connectivity index (χ0) is 31.2. The van der Waals surface area contributed by atoms with Gasteiger partial charge in [0.15, 0.2) is 5.78 Å². The predicted octanol–water partition coefficient (Wildman–Crippen LogP) is 3.08. The Bertz CT molecular complexity index is 1540. The number of benzene rings is 2. The summed E-state index contributed by atoms with van der Waals surface area (Å²) in [6.45, 7) is 6.43. The molecule has 0 atom stereocenters. The van der Waals surface area contributed by atoms with Crippen molar-refractivity contribution in [2.45, 2.75) is 13.5 Å². The van der Waals surface area contributed by atoms with Crippen molar-refractivity contribution in [3.63, 3.8) is 0 Å². The molecule has 3 N–H and O–H groups in total. The lowest BCUT2D eigenvalue weighted by Gasteiger charge is -2.32. The number of methoxy groups -OCH3 is 1. The van der Waals surface area contributed by atoms with Crippen molar-refractivity contribution in [1.29, 1.82) is 0 Å². The number of likely N-dealkylation sites (N-methyl/N-ethyl adjacent to an activating group) is 1. The molecule has 1 saturated heterocycles. The second kappa shape index (κ2) is 13.8. The summed E-state index contributed by atoms with van der Waals surface area (Å²) in [6, 6.07) is 10.3. The van der Waals surface area contributed by atoms with Gasteiger partial charge in [0.25, 0.3) is 11.8 Å². The first-order chi connectivity index (χ1) is 21.3. The summed E-state index contributed by atoms with van der Waals surface area (Å²) in [4.78, 5) is 53.1. The van der Waals surface area contributed by atoms with E-state index in [0.29, 0.717) is 41.3 Å². The average molecular weight is 605 g/mol. The summed E-state index contributed by atoms with van der Waals surface area (Å²) < 4.78 is 18.5. The molecule has 3 heterocycles. The van der Waals surface area contributed by atoms with Gasteiger partial charge < -0.3 is 30.5 Å². The minimum atomic E-state index is -0.635. The highest BCUT2D eigenvalue weighted by atomic mass is 19.1. The maximum absolute atomic E-state index is 13.0. The smallest absolute Gasteiger partial charge is 0.256 e. The molecule has 0 bridgehead atoms. The Hall–Kier alpha value is -4.62. The SMILES string of the molecule is COc1cc(C(=O)NCCN2CCN(C)CC2)ccc1Nc1ncc(C(C)=O)c(Nc2cccc3c2C(=O)N(CCF)C3)n1. The number of alkyl halides is 1. The number of fused-ring (bicyclic) bond motifs is 1. The monoisotopic (exact) mass is 604 g/mol. The van der Waals surface area contributed by atoms with Crippen LogP contribution >= 0.6 is 0 Å². The normalized spacial score (nSPS) is 15.2. The summed E-state index contributed by atoms with van der Waals surface area (Å²) in [7, 11) is 3.61. The van der Waals surface area contributed by atoms with E-state index in [2.05, 4.69) is 42.8 Å². The molecule has 232 valence electrons. The highest BCUT2D eigenvalue weighted by Crippen LogP contribution is 2.33. The fourth-order valence-electron chi connectivity index (χ4n) is 5.29. The van der Waals surface area contributed by atoms with Crippen LogP contribution in [-0.4, -0.2) is 109 Å². The first-order valence-corrected chi connectivity index (χ1v) is 14.5. The quantitative estimate of drug-likeness (QED) is 0.265. The van der Waals surface area contributed by atoms with Crippen molar-refractivity contribution in [2.75, 3.05) is 77.3 Å². The lowest BCUT2D eigenvalue weighted by atomic mass is 10.1. The Kier molecular flexibility index (Phi) is 9.65. The van der Waals surface area contributed by atoms with Gasteiger partial charge >= 0.3 is 0 Å². The zero-order valence-electron chi connectivity index (χ0n) is 25.2. The van der Waals surface area contributed by atoms with Crippen molar-refractivity contribution < 1.29 is 23.5 Å². The highest BCUT2D eigenvalue weighted by molar-refractivity contribution is 6.05. The van der Waals surface area contributed by atoms with Gasteiger partial charge in [0.1, 0.15) is 18.2 Å². The summed E-state index contributed by atoms with van der Waals surface area (Å²) in [5.41, 5.74) is 2.84. The van der Waals surface area contributed by atoms with E-state index in [0.717, 1.165) is 38.3 Å². The van der Waals surface area contributed by atoms with Crippen LogP contribution in [0.4, 0.5) is 27.5 Å². The maximum Gasteiger partial charge on any atom is 0.256 e. The number of carbonyl (C=O) groups is 3. The molecule has 2 aliphatic rings. The number of ether oxygens (including phenoxy) is 1. The number of ketones is 1. The highest BCUT2D eigenvalue weighted by Gasteiger charge is 2.30. The van der Waals surface area contributed by atoms with Crippen LogP contribution in [0.1, 0.15) is 43.6 Å². The van der Waals surface area contributed by atoms with Crippen molar-refractivity contribution in [3.05, 3.63) is 64.8 Å². The largest absolute Gasteiger partial charge is 0.495 e. The first kappa shape index (κ1) is 30.8. The number of nitrogens with one attached hydrogen (secondary N) is 3. The minimum absolute atomic E-state index is 0.00607. The maximum atomic E-state index is 13.0. The van der Waals surface area contributed by atoms with Crippen LogP contribution in [-0.2, 0) is 6.54 Å². The van der Waals surface area contributed by atoms with Crippen molar-refractivity contribution in [1.82, 2.24) is 30.0 Å². The van der Waals surface area contributed by atoms with E-state index in [4.69, 9.17) is 4.74 Å². The number of aromatic nitrogens is 2. The molecule has 0 saturated carbocycles. The van der Waals surface area contributed by atoms with Crippen LogP contribution in [0.25, 0.3) is 0 Å². The summed E-state index contributed by atoms with van der Waals surface area (Å²) in [5, 5.41) is 9.20. The van der Waals surface area contributed by atoms with E-state index in [1.54, 1.807) is 30.3 Å². The average Bonchev–Trinajstić information content (AvgIpc) is 3.34. The van der Waals surface area contributed by atoms with Crippen LogP contribution in [0.5, 0.6) is 5.75 Å². The van der Waals surface area contributed by atoms with Crippen LogP contribution in [0.2, 0.25) is 0 Å². The van der Waals surface area contributed by atoms with Gasteiger partial charge in [0.05, 0.1) is 29.6 Å². The van der Waals surface area contributed by atoms with Gasteiger partial charge in [-0.05, 0) is 43.8 Å². The number of carbonyl (C=O) groups excluding carboxylic acids is 3. The Morgan fingerprint density at radius 3 is 2.57 bits per heavy atom. The molecule has 2 aromatic carbocycles. The zero-order valence-corrected chi connectivity index (χ0v) is 25.2. The van der Waals surface area contributed by atoms with E-state index >= 15 is 0 Å². The van der Waals surface area contributed by atoms with Gasteiger partial charge in [-0.3, -0.25) is 19.3 Å². The molecule has 13 heteroatoms. The molecular formula is C31H37FN8O4. The Labute approximate surface area is 255 Å². The molecule has 0 radical (unpaired) electrons. The third kappa shape index (κ3) is 6.95.